The van der Waals surface area contributed by atoms with Crippen molar-refractivity contribution < 1.29 is 0 Å². The lowest BCUT2D eigenvalue weighted by Crippen LogP contribution is -2.65. The quantitative estimate of drug-likeness (QED) is 0.710. The standard InChI is InChI=1S/C13H24N2/c1-12(5-4-6-12)15-10-9-14-13(11-15)7-2-3-8-13/h14H,2-11H2,1H3. The van der Waals surface area contributed by atoms with E-state index in [1.165, 1.54) is 64.6 Å². The number of hydrogen-bond acceptors (Lipinski definition) is 2. The average Bonchev–Trinajstić information content (AvgIpc) is 2.63. The van der Waals surface area contributed by atoms with Crippen LogP contribution in [0, 0.1) is 0 Å². The van der Waals surface area contributed by atoms with E-state index in [4.69, 9.17) is 0 Å². The van der Waals surface area contributed by atoms with E-state index in [2.05, 4.69) is 17.1 Å². The van der Waals surface area contributed by atoms with E-state index in [1.807, 2.05) is 0 Å². The molecule has 3 rings (SSSR count). The van der Waals surface area contributed by atoms with Crippen LogP contribution in [0.2, 0.25) is 0 Å². The minimum absolute atomic E-state index is 0.511. The Kier molecular flexibility index (Phi) is 2.33. The zero-order chi connectivity index (χ0) is 10.4. The first-order chi connectivity index (χ1) is 7.23. The highest BCUT2D eigenvalue weighted by Gasteiger charge is 2.45. The van der Waals surface area contributed by atoms with Gasteiger partial charge in [0.1, 0.15) is 0 Å². The summed E-state index contributed by atoms with van der Waals surface area (Å²) in [7, 11) is 0. The second kappa shape index (κ2) is 3.46. The van der Waals surface area contributed by atoms with Crippen molar-refractivity contribution in [3.8, 4) is 0 Å². The summed E-state index contributed by atoms with van der Waals surface area (Å²) in [4.78, 5) is 2.79. The third-order valence-corrected chi connectivity index (χ3v) is 5.13. The van der Waals surface area contributed by atoms with Crippen molar-refractivity contribution >= 4 is 0 Å². The minimum atomic E-state index is 0.511. The van der Waals surface area contributed by atoms with Crippen molar-refractivity contribution in [2.24, 2.45) is 0 Å². The topological polar surface area (TPSA) is 15.3 Å². The van der Waals surface area contributed by atoms with Crippen molar-refractivity contribution in [3.63, 3.8) is 0 Å². The molecule has 1 heterocycles. The summed E-state index contributed by atoms with van der Waals surface area (Å²) in [6, 6.07) is 0. The maximum Gasteiger partial charge on any atom is 0.0309 e. The minimum Gasteiger partial charge on any atom is -0.309 e. The molecular formula is C13H24N2. The van der Waals surface area contributed by atoms with Crippen LogP contribution in [0.1, 0.15) is 51.9 Å². The lowest BCUT2D eigenvalue weighted by Gasteiger charge is -2.54. The lowest BCUT2D eigenvalue weighted by molar-refractivity contribution is -0.0112. The average molecular weight is 208 g/mol. The molecule has 0 aromatic carbocycles. The van der Waals surface area contributed by atoms with E-state index < -0.39 is 0 Å². The van der Waals surface area contributed by atoms with E-state index >= 15 is 0 Å². The van der Waals surface area contributed by atoms with Gasteiger partial charge in [-0.25, -0.2) is 0 Å². The van der Waals surface area contributed by atoms with Gasteiger partial charge in [0.05, 0.1) is 0 Å². The fourth-order valence-corrected chi connectivity index (χ4v) is 3.81. The summed E-state index contributed by atoms with van der Waals surface area (Å²) in [6.07, 6.45) is 10.0. The number of piperazine rings is 1. The van der Waals surface area contributed by atoms with Crippen LogP contribution in [0.3, 0.4) is 0 Å². The van der Waals surface area contributed by atoms with Crippen LogP contribution < -0.4 is 5.32 Å². The second-order valence-electron chi connectivity index (χ2n) is 6.19. The smallest absolute Gasteiger partial charge is 0.0309 e. The molecule has 1 saturated heterocycles. The Bertz CT molecular complexity index is 239. The van der Waals surface area contributed by atoms with Crippen molar-refractivity contribution in [3.05, 3.63) is 0 Å². The van der Waals surface area contributed by atoms with E-state index in [0.29, 0.717) is 11.1 Å². The molecule has 0 amide bonds. The van der Waals surface area contributed by atoms with E-state index in [1.54, 1.807) is 0 Å². The third-order valence-electron chi connectivity index (χ3n) is 5.13. The molecule has 2 heteroatoms. The van der Waals surface area contributed by atoms with E-state index in [-0.39, 0.29) is 0 Å². The molecule has 86 valence electrons. The van der Waals surface area contributed by atoms with Gasteiger partial charge in [-0.2, -0.15) is 0 Å². The molecule has 1 aliphatic heterocycles. The Balaban J connectivity index is 1.70. The van der Waals surface area contributed by atoms with Gasteiger partial charge in [0.25, 0.3) is 0 Å². The van der Waals surface area contributed by atoms with Gasteiger partial charge in [-0.3, -0.25) is 4.90 Å². The highest BCUT2D eigenvalue weighted by Crippen LogP contribution is 2.41. The molecule has 2 nitrogen and oxygen atoms in total. The molecule has 3 fully saturated rings. The Morgan fingerprint density at radius 1 is 1.00 bits per heavy atom. The predicted molar refractivity (Wildman–Crippen MR) is 63.0 cm³/mol. The Morgan fingerprint density at radius 3 is 2.33 bits per heavy atom. The maximum atomic E-state index is 3.80. The normalized spacial score (nSPS) is 34.2. The van der Waals surface area contributed by atoms with Crippen LogP contribution in [0.4, 0.5) is 0 Å². The highest BCUT2D eigenvalue weighted by atomic mass is 15.3. The fourth-order valence-electron chi connectivity index (χ4n) is 3.81. The van der Waals surface area contributed by atoms with Crippen LogP contribution >= 0.6 is 0 Å². The number of nitrogens with one attached hydrogen (secondary N) is 1. The van der Waals surface area contributed by atoms with E-state index in [9.17, 15) is 0 Å². The molecular weight excluding hydrogens is 184 g/mol. The molecule has 3 aliphatic rings. The van der Waals surface area contributed by atoms with Crippen molar-refractivity contribution in [2.45, 2.75) is 62.9 Å². The van der Waals surface area contributed by atoms with Gasteiger partial charge in [-0.15, -0.1) is 0 Å². The van der Waals surface area contributed by atoms with Gasteiger partial charge in [0, 0.05) is 30.7 Å². The number of nitrogens with zero attached hydrogens (tertiary/aromatic N) is 1. The van der Waals surface area contributed by atoms with Crippen LogP contribution in [0.5, 0.6) is 0 Å². The monoisotopic (exact) mass is 208 g/mol. The molecule has 0 radical (unpaired) electrons. The second-order valence-corrected chi connectivity index (χ2v) is 6.19. The molecule has 0 atom stereocenters. The first-order valence-electron chi connectivity index (χ1n) is 6.73. The molecule has 0 bridgehead atoms. The molecule has 1 spiro atoms. The summed E-state index contributed by atoms with van der Waals surface area (Å²) in [6.45, 7) is 6.29. The van der Waals surface area contributed by atoms with Gasteiger partial charge in [0.2, 0.25) is 0 Å². The first kappa shape index (κ1) is 10.1. The van der Waals surface area contributed by atoms with Crippen molar-refractivity contribution in [2.75, 3.05) is 19.6 Å². The van der Waals surface area contributed by atoms with Gasteiger partial charge in [0.15, 0.2) is 0 Å². The summed E-state index contributed by atoms with van der Waals surface area (Å²) in [5.74, 6) is 0. The molecule has 1 N–H and O–H groups in total. The zero-order valence-electron chi connectivity index (χ0n) is 10.0. The fraction of sp³-hybridized carbons (Fsp3) is 1.00. The molecule has 15 heavy (non-hydrogen) atoms. The van der Waals surface area contributed by atoms with Gasteiger partial charge in [-0.05, 0) is 39.0 Å². The Labute approximate surface area is 93.4 Å². The summed E-state index contributed by atoms with van der Waals surface area (Å²) >= 11 is 0. The lowest BCUT2D eigenvalue weighted by atomic mass is 9.75. The van der Waals surface area contributed by atoms with Gasteiger partial charge in [-0.1, -0.05) is 12.8 Å². The summed E-state index contributed by atoms with van der Waals surface area (Å²) in [5.41, 5.74) is 1.08. The molecule has 0 unspecified atom stereocenters. The van der Waals surface area contributed by atoms with Crippen LogP contribution in [0.15, 0.2) is 0 Å². The number of hydrogen-bond donors (Lipinski definition) is 1. The van der Waals surface area contributed by atoms with Crippen LogP contribution in [-0.2, 0) is 0 Å². The SMILES string of the molecule is CC1(N2CCNC3(CCCC3)C2)CCC1. The van der Waals surface area contributed by atoms with Crippen molar-refractivity contribution in [1.82, 2.24) is 10.2 Å². The van der Waals surface area contributed by atoms with Gasteiger partial charge >= 0.3 is 0 Å². The zero-order valence-corrected chi connectivity index (χ0v) is 10.0. The van der Waals surface area contributed by atoms with Crippen molar-refractivity contribution in [1.29, 1.82) is 0 Å². The molecule has 0 aromatic rings. The molecule has 2 saturated carbocycles. The summed E-state index contributed by atoms with van der Waals surface area (Å²) in [5, 5.41) is 3.80. The van der Waals surface area contributed by atoms with Crippen LogP contribution in [0.25, 0.3) is 0 Å². The third kappa shape index (κ3) is 1.62. The first-order valence-corrected chi connectivity index (χ1v) is 6.73. The number of rotatable bonds is 1. The molecule has 2 aliphatic carbocycles. The predicted octanol–water partition coefficient (Wildman–Crippen LogP) is 2.15. The van der Waals surface area contributed by atoms with Gasteiger partial charge < -0.3 is 5.32 Å². The summed E-state index contributed by atoms with van der Waals surface area (Å²) < 4.78 is 0. The Hall–Kier alpha value is -0.0800. The highest BCUT2D eigenvalue weighted by molar-refractivity contribution is 5.04. The van der Waals surface area contributed by atoms with E-state index in [0.717, 1.165) is 0 Å². The largest absolute Gasteiger partial charge is 0.309 e. The Morgan fingerprint density at radius 2 is 1.73 bits per heavy atom. The molecule has 0 aromatic heterocycles. The van der Waals surface area contributed by atoms with Crippen LogP contribution in [-0.4, -0.2) is 35.6 Å². The maximum absolute atomic E-state index is 3.80.